The number of hydrogen-bond acceptors (Lipinski definition) is 5. The quantitative estimate of drug-likeness (QED) is 0.542. The lowest BCUT2D eigenvalue weighted by Gasteiger charge is -2.24. The molecule has 0 bridgehead atoms. The second-order valence-electron chi connectivity index (χ2n) is 7.95. The van der Waals surface area contributed by atoms with Crippen LogP contribution >= 0.6 is 22.9 Å². The summed E-state index contributed by atoms with van der Waals surface area (Å²) in [5.74, 6) is -0.0711. The Morgan fingerprint density at radius 2 is 1.81 bits per heavy atom. The van der Waals surface area contributed by atoms with Crippen LogP contribution in [0.25, 0.3) is 6.08 Å². The molecule has 0 saturated heterocycles. The molecule has 0 amide bonds. The number of benzene rings is 2. The zero-order chi connectivity index (χ0) is 23.0. The van der Waals surface area contributed by atoms with Crippen LogP contribution in [0.3, 0.4) is 0 Å². The first kappa shape index (κ1) is 22.2. The Morgan fingerprint density at radius 3 is 2.41 bits per heavy atom. The number of ether oxygens (including phenoxy) is 1. The van der Waals surface area contributed by atoms with Crippen molar-refractivity contribution in [3.05, 3.63) is 101 Å². The lowest BCUT2D eigenvalue weighted by molar-refractivity contribution is -0.136. The van der Waals surface area contributed by atoms with Crippen molar-refractivity contribution in [1.29, 1.82) is 0 Å². The summed E-state index contributed by atoms with van der Waals surface area (Å²) in [6, 6.07) is 14.6. The van der Waals surface area contributed by atoms with Crippen LogP contribution < -0.4 is 14.9 Å². The summed E-state index contributed by atoms with van der Waals surface area (Å²) < 4.78 is 7.15. The number of rotatable bonds is 4. The molecule has 4 rings (SSSR count). The monoisotopic (exact) mass is 466 g/mol. The van der Waals surface area contributed by atoms with Crippen molar-refractivity contribution in [1.82, 2.24) is 4.57 Å². The van der Waals surface area contributed by atoms with Crippen LogP contribution in [0.15, 0.2) is 69.6 Å². The molecule has 32 heavy (non-hydrogen) atoms. The summed E-state index contributed by atoms with van der Waals surface area (Å²) >= 11 is 7.38. The van der Waals surface area contributed by atoms with Crippen LogP contribution in [0.1, 0.15) is 49.4 Å². The molecular weight excluding hydrogens is 444 g/mol. The lowest BCUT2D eigenvalue weighted by Crippen LogP contribution is -2.39. The van der Waals surface area contributed by atoms with Crippen molar-refractivity contribution in [2.75, 3.05) is 7.11 Å². The summed E-state index contributed by atoms with van der Waals surface area (Å²) in [5.41, 5.74) is 3.62. The molecule has 0 aliphatic carbocycles. The standard InChI is InChI=1S/C25H23ClN2O3S/c1-14(2)17-7-5-16(6-8-17)13-20-23(29)28-22(18-9-11-19(26)12-10-18)21(24(30)31-4)15(3)27-25(28)32-20/h5-14,22H,1-4H3. The summed E-state index contributed by atoms with van der Waals surface area (Å²) in [6.45, 7) is 6.05. The van der Waals surface area contributed by atoms with Gasteiger partial charge >= 0.3 is 5.97 Å². The number of hydrogen-bond donors (Lipinski definition) is 0. The first-order valence-electron chi connectivity index (χ1n) is 10.3. The molecule has 1 aromatic heterocycles. The number of esters is 1. The van der Waals surface area contributed by atoms with Gasteiger partial charge in [-0.05, 0) is 47.7 Å². The highest BCUT2D eigenvalue weighted by molar-refractivity contribution is 7.07. The molecule has 3 aromatic rings. The van der Waals surface area contributed by atoms with E-state index in [0.29, 0.717) is 31.5 Å². The topological polar surface area (TPSA) is 60.7 Å². The molecule has 7 heteroatoms. The van der Waals surface area contributed by atoms with Crippen molar-refractivity contribution >= 4 is 35.0 Å². The molecular formula is C25H23ClN2O3S. The molecule has 164 valence electrons. The second kappa shape index (κ2) is 8.88. The maximum atomic E-state index is 13.5. The van der Waals surface area contributed by atoms with E-state index in [4.69, 9.17) is 16.3 Å². The Morgan fingerprint density at radius 1 is 1.16 bits per heavy atom. The predicted molar refractivity (Wildman–Crippen MR) is 128 cm³/mol. The Bertz CT molecular complexity index is 1380. The van der Waals surface area contributed by atoms with Gasteiger partial charge in [0.05, 0.1) is 29.0 Å². The van der Waals surface area contributed by atoms with E-state index < -0.39 is 12.0 Å². The molecule has 0 N–H and O–H groups in total. The van der Waals surface area contributed by atoms with Gasteiger partial charge in [-0.3, -0.25) is 9.36 Å². The van der Waals surface area contributed by atoms with Crippen LogP contribution in [0.5, 0.6) is 0 Å². The predicted octanol–water partition coefficient (Wildman–Crippen LogP) is 4.19. The van der Waals surface area contributed by atoms with E-state index in [1.54, 1.807) is 23.6 Å². The number of carbonyl (C=O) groups excluding carboxylic acids is 1. The van der Waals surface area contributed by atoms with Gasteiger partial charge in [-0.15, -0.1) is 0 Å². The van der Waals surface area contributed by atoms with Crippen molar-refractivity contribution in [3.63, 3.8) is 0 Å². The van der Waals surface area contributed by atoms with Crippen LogP contribution in [0.2, 0.25) is 5.02 Å². The first-order chi connectivity index (χ1) is 15.3. The number of allylic oxidation sites excluding steroid dienone is 1. The molecule has 1 atom stereocenters. The average Bonchev–Trinajstić information content (AvgIpc) is 3.08. The zero-order valence-electron chi connectivity index (χ0n) is 18.3. The molecule has 0 spiro atoms. The van der Waals surface area contributed by atoms with Crippen molar-refractivity contribution in [2.45, 2.75) is 32.7 Å². The largest absolute Gasteiger partial charge is 0.466 e. The SMILES string of the molecule is COC(=O)C1=C(C)N=c2sc(=Cc3ccc(C(C)C)cc3)c(=O)n2C1c1ccc(Cl)cc1. The number of thiazole rings is 1. The van der Waals surface area contributed by atoms with Gasteiger partial charge in [0.2, 0.25) is 0 Å². The minimum atomic E-state index is -0.638. The van der Waals surface area contributed by atoms with Gasteiger partial charge in [-0.25, -0.2) is 9.79 Å². The minimum absolute atomic E-state index is 0.199. The normalized spacial score (nSPS) is 16.2. The second-order valence-corrected chi connectivity index (χ2v) is 9.39. The van der Waals surface area contributed by atoms with Crippen molar-refractivity contribution in [3.8, 4) is 0 Å². The van der Waals surface area contributed by atoms with E-state index in [1.165, 1.54) is 24.0 Å². The molecule has 2 heterocycles. The number of carbonyl (C=O) groups is 1. The van der Waals surface area contributed by atoms with Crippen LogP contribution in [0, 0.1) is 0 Å². The molecule has 5 nitrogen and oxygen atoms in total. The highest BCUT2D eigenvalue weighted by Crippen LogP contribution is 2.31. The Labute approximate surface area is 195 Å². The zero-order valence-corrected chi connectivity index (χ0v) is 19.8. The molecule has 0 radical (unpaired) electrons. The molecule has 2 aromatic carbocycles. The molecule has 0 fully saturated rings. The maximum absolute atomic E-state index is 13.5. The van der Waals surface area contributed by atoms with Crippen molar-refractivity contribution in [2.24, 2.45) is 4.99 Å². The van der Waals surface area contributed by atoms with E-state index in [0.717, 1.165) is 11.1 Å². The van der Waals surface area contributed by atoms with Crippen LogP contribution in [-0.4, -0.2) is 17.6 Å². The first-order valence-corrected chi connectivity index (χ1v) is 11.5. The minimum Gasteiger partial charge on any atom is -0.466 e. The van der Waals surface area contributed by atoms with Gasteiger partial charge in [0.1, 0.15) is 0 Å². The molecule has 1 aliphatic rings. The fraction of sp³-hybridized carbons (Fsp3) is 0.240. The number of halogens is 1. The van der Waals surface area contributed by atoms with E-state index in [-0.39, 0.29) is 5.56 Å². The van der Waals surface area contributed by atoms with Gasteiger partial charge < -0.3 is 4.74 Å². The van der Waals surface area contributed by atoms with E-state index >= 15 is 0 Å². The van der Waals surface area contributed by atoms with Gasteiger partial charge in [-0.2, -0.15) is 0 Å². The van der Waals surface area contributed by atoms with Gasteiger partial charge in [-0.1, -0.05) is 73.2 Å². The third-order valence-electron chi connectivity index (χ3n) is 5.51. The maximum Gasteiger partial charge on any atom is 0.338 e. The third-order valence-corrected chi connectivity index (χ3v) is 6.75. The number of fused-ring (bicyclic) bond motifs is 1. The Kier molecular flexibility index (Phi) is 6.17. The summed E-state index contributed by atoms with van der Waals surface area (Å²) in [5, 5.41) is 0.575. The van der Waals surface area contributed by atoms with Gasteiger partial charge in [0.15, 0.2) is 4.80 Å². The van der Waals surface area contributed by atoms with E-state index in [2.05, 4.69) is 31.0 Å². The van der Waals surface area contributed by atoms with Crippen molar-refractivity contribution < 1.29 is 9.53 Å². The number of nitrogens with zero attached hydrogens (tertiary/aromatic N) is 2. The fourth-order valence-corrected chi connectivity index (χ4v) is 4.95. The highest BCUT2D eigenvalue weighted by Gasteiger charge is 2.33. The van der Waals surface area contributed by atoms with Gasteiger partial charge in [0.25, 0.3) is 5.56 Å². The Hall–Kier alpha value is -2.96. The molecule has 1 aliphatic heterocycles. The van der Waals surface area contributed by atoms with E-state index in [1.807, 2.05) is 30.3 Å². The van der Waals surface area contributed by atoms with Crippen LogP contribution in [-0.2, 0) is 9.53 Å². The smallest absolute Gasteiger partial charge is 0.338 e. The van der Waals surface area contributed by atoms with Crippen LogP contribution in [0.4, 0.5) is 0 Å². The number of aromatic nitrogens is 1. The lowest BCUT2D eigenvalue weighted by atomic mass is 9.96. The van der Waals surface area contributed by atoms with Gasteiger partial charge in [0, 0.05) is 5.02 Å². The molecule has 0 saturated carbocycles. The fourth-order valence-electron chi connectivity index (χ4n) is 3.78. The Balaban J connectivity index is 1.91. The average molecular weight is 467 g/mol. The van der Waals surface area contributed by atoms with E-state index in [9.17, 15) is 9.59 Å². The highest BCUT2D eigenvalue weighted by atomic mass is 35.5. The summed E-state index contributed by atoms with van der Waals surface area (Å²) in [7, 11) is 1.33. The third kappa shape index (κ3) is 4.08. The molecule has 1 unspecified atom stereocenters. The number of methoxy groups -OCH3 is 1. The summed E-state index contributed by atoms with van der Waals surface area (Å²) in [6.07, 6.45) is 1.87. The summed E-state index contributed by atoms with van der Waals surface area (Å²) in [4.78, 5) is 31.2.